The van der Waals surface area contributed by atoms with Crippen molar-refractivity contribution in [1.29, 1.82) is 0 Å². The van der Waals surface area contributed by atoms with Crippen LogP contribution in [0.4, 0.5) is 0 Å². The topological polar surface area (TPSA) is 21.6 Å². The first-order chi connectivity index (χ1) is 8.19. The Labute approximate surface area is 114 Å². The molecule has 1 atom stereocenters. The second kappa shape index (κ2) is 8.52. The first-order valence-corrected chi connectivity index (χ1v) is 12.7. The van der Waals surface area contributed by atoms with E-state index in [1.807, 2.05) is 0 Å². The van der Waals surface area contributed by atoms with E-state index >= 15 is 0 Å². The van der Waals surface area contributed by atoms with Gasteiger partial charge in [-0.15, -0.1) is 0 Å². The number of hydrogen-bond acceptors (Lipinski definition) is 2. The van der Waals surface area contributed by atoms with Gasteiger partial charge in [-0.1, -0.05) is 0 Å². The summed E-state index contributed by atoms with van der Waals surface area (Å²) >= 11 is -1.38. The summed E-state index contributed by atoms with van der Waals surface area (Å²) in [6.07, 6.45) is 5.65. The van der Waals surface area contributed by atoms with Crippen LogP contribution in [0.25, 0.3) is 0 Å². The fourth-order valence-corrected chi connectivity index (χ4v) is 10.6. The van der Waals surface area contributed by atoms with E-state index in [9.17, 15) is 0 Å². The fraction of sp³-hybridized carbons (Fsp3) is 0.929. The molecular weight excluding hydrogens is 317 g/mol. The van der Waals surface area contributed by atoms with Crippen molar-refractivity contribution in [3.8, 4) is 0 Å². The summed E-state index contributed by atoms with van der Waals surface area (Å²) in [5.74, 6) is 0.537. The summed E-state index contributed by atoms with van der Waals surface area (Å²) in [6, 6.07) is 0. The molecule has 0 aliphatic carbocycles. The molecule has 17 heavy (non-hydrogen) atoms. The molecule has 1 rings (SSSR count). The van der Waals surface area contributed by atoms with Gasteiger partial charge in [0, 0.05) is 0 Å². The van der Waals surface area contributed by atoms with Gasteiger partial charge in [0.2, 0.25) is 0 Å². The van der Waals surface area contributed by atoms with Gasteiger partial charge in [0.1, 0.15) is 0 Å². The summed E-state index contributed by atoms with van der Waals surface area (Å²) in [5, 5.41) is 0. The summed E-state index contributed by atoms with van der Waals surface area (Å²) in [6.45, 7) is 9.87. The third-order valence-corrected chi connectivity index (χ3v) is 11.9. The molecule has 0 spiro atoms. The van der Waals surface area contributed by atoms with Gasteiger partial charge in [-0.2, -0.15) is 0 Å². The number of nitrogens with zero attached hydrogens (tertiary/aromatic N) is 1. The molecule has 0 aromatic rings. The second-order valence-corrected chi connectivity index (χ2v) is 13.3. The Morgan fingerprint density at radius 1 is 1.24 bits per heavy atom. The predicted molar refractivity (Wildman–Crippen MR) is 77.2 cm³/mol. The van der Waals surface area contributed by atoms with Gasteiger partial charge in [0.05, 0.1) is 0 Å². The van der Waals surface area contributed by atoms with Gasteiger partial charge in [0.15, 0.2) is 0 Å². The molecule has 1 aliphatic rings. The molecule has 1 radical (unpaired) electrons. The van der Waals surface area contributed by atoms with Crippen LogP contribution in [0.1, 0.15) is 53.4 Å². The molecule has 0 fully saturated rings. The minimum absolute atomic E-state index is 0.170. The Morgan fingerprint density at radius 3 is 2.24 bits per heavy atom. The van der Waals surface area contributed by atoms with E-state index in [0.29, 0.717) is 5.92 Å². The van der Waals surface area contributed by atoms with Crippen molar-refractivity contribution in [2.24, 2.45) is 10.9 Å². The zero-order valence-corrected chi connectivity index (χ0v) is 14.8. The van der Waals surface area contributed by atoms with Crippen molar-refractivity contribution in [2.75, 3.05) is 6.61 Å². The summed E-state index contributed by atoms with van der Waals surface area (Å²) in [4.78, 5) is 4.88. The molecule has 0 aromatic heterocycles. The number of aliphatic imine (C=N–C) groups is 1. The molecular formula is C14H28NOSn. The molecule has 3 heteroatoms. The number of ether oxygens (including phenoxy) is 1. The van der Waals surface area contributed by atoms with Crippen LogP contribution in [0.3, 0.4) is 0 Å². The van der Waals surface area contributed by atoms with Crippen LogP contribution < -0.4 is 0 Å². The normalized spacial score (nSPS) is 20.4. The van der Waals surface area contributed by atoms with E-state index < -0.39 is 19.8 Å². The standard InChI is InChI=1S/C6H10NO.2C4H9.Sn/c1-5(2)6-7-3-4-8-6;2*1-3-4-2;/h5-6H,4H2,1-2H3;2*1,3-4H2,2H3;/t6-;;;/m1.../s1. The predicted octanol–water partition coefficient (Wildman–Crippen LogP) is 4.07. The van der Waals surface area contributed by atoms with E-state index in [1.54, 1.807) is 0 Å². The molecule has 0 N–H and O–H groups in total. The Morgan fingerprint density at radius 2 is 1.82 bits per heavy atom. The van der Waals surface area contributed by atoms with Crippen LogP contribution in [0.2, 0.25) is 8.87 Å². The average molecular weight is 345 g/mol. The van der Waals surface area contributed by atoms with Gasteiger partial charge in [-0.3, -0.25) is 0 Å². The van der Waals surface area contributed by atoms with Crippen LogP contribution in [-0.2, 0) is 4.74 Å². The maximum absolute atomic E-state index is 5.81. The minimum atomic E-state index is -1.38. The van der Waals surface area contributed by atoms with E-state index in [1.165, 1.54) is 38.3 Å². The zero-order chi connectivity index (χ0) is 12.7. The third kappa shape index (κ3) is 5.29. The van der Waals surface area contributed by atoms with Gasteiger partial charge in [-0.05, 0) is 0 Å². The quantitative estimate of drug-likeness (QED) is 0.608. The van der Waals surface area contributed by atoms with Gasteiger partial charge in [0.25, 0.3) is 0 Å². The molecule has 0 amide bonds. The SMILES string of the molecule is CCC[CH2][Sn]([CH2]CCC)[C]1=N[C@@H](C(C)C)OC1. The zero-order valence-electron chi connectivity index (χ0n) is 12.0. The summed E-state index contributed by atoms with van der Waals surface area (Å²) in [5.41, 5.74) is 0. The van der Waals surface area contributed by atoms with E-state index in [4.69, 9.17) is 9.73 Å². The van der Waals surface area contributed by atoms with Crippen LogP contribution in [-0.4, -0.2) is 36.3 Å². The molecule has 0 bridgehead atoms. The van der Waals surface area contributed by atoms with Gasteiger partial charge in [-0.25, -0.2) is 0 Å². The Balaban J connectivity index is 2.53. The van der Waals surface area contributed by atoms with Crippen LogP contribution >= 0.6 is 0 Å². The Hall–Kier alpha value is 0.429. The van der Waals surface area contributed by atoms with Crippen molar-refractivity contribution < 1.29 is 4.74 Å². The molecule has 1 aliphatic heterocycles. The van der Waals surface area contributed by atoms with Crippen molar-refractivity contribution in [2.45, 2.75) is 68.5 Å². The molecule has 0 unspecified atom stereocenters. The average Bonchev–Trinajstić information content (AvgIpc) is 2.79. The number of rotatable bonds is 8. The summed E-state index contributed by atoms with van der Waals surface area (Å²) < 4.78 is 10.3. The fourth-order valence-electron chi connectivity index (χ4n) is 2.12. The van der Waals surface area contributed by atoms with Crippen molar-refractivity contribution in [1.82, 2.24) is 0 Å². The molecule has 0 saturated carbocycles. The first-order valence-electron chi connectivity index (χ1n) is 7.22. The first kappa shape index (κ1) is 15.5. The molecule has 2 nitrogen and oxygen atoms in total. The summed E-state index contributed by atoms with van der Waals surface area (Å²) in [7, 11) is 0. The van der Waals surface area contributed by atoms with Crippen LogP contribution in [0.15, 0.2) is 4.99 Å². The second-order valence-electron chi connectivity index (χ2n) is 5.33. The van der Waals surface area contributed by atoms with Gasteiger partial charge >= 0.3 is 114 Å². The third-order valence-electron chi connectivity index (χ3n) is 3.32. The van der Waals surface area contributed by atoms with Gasteiger partial charge < -0.3 is 0 Å². The van der Waals surface area contributed by atoms with E-state index in [0.717, 1.165) is 6.61 Å². The molecule has 0 saturated heterocycles. The Kier molecular flexibility index (Phi) is 7.76. The van der Waals surface area contributed by atoms with Crippen LogP contribution in [0, 0.1) is 5.92 Å². The maximum atomic E-state index is 5.81. The molecule has 1 heterocycles. The van der Waals surface area contributed by atoms with E-state index in [-0.39, 0.29) is 6.23 Å². The van der Waals surface area contributed by atoms with Crippen molar-refractivity contribution in [3.63, 3.8) is 0 Å². The van der Waals surface area contributed by atoms with Crippen molar-refractivity contribution >= 4 is 23.5 Å². The number of unbranched alkanes of at least 4 members (excludes halogenated alkanes) is 2. The van der Waals surface area contributed by atoms with Crippen molar-refractivity contribution in [3.05, 3.63) is 0 Å². The molecule has 99 valence electrons. The number of hydrogen-bond donors (Lipinski definition) is 0. The monoisotopic (exact) mass is 346 g/mol. The van der Waals surface area contributed by atoms with E-state index in [2.05, 4.69) is 27.7 Å². The van der Waals surface area contributed by atoms with Crippen LogP contribution in [0.5, 0.6) is 0 Å². The Bertz CT molecular complexity index is 232. The molecule has 0 aromatic carbocycles.